The summed E-state index contributed by atoms with van der Waals surface area (Å²) in [7, 11) is -3.30. The number of benzene rings is 3. The first-order valence-electron chi connectivity index (χ1n) is 11.7. The first-order valence-corrected chi connectivity index (χ1v) is 12.9. The Hall–Kier alpha value is -3.99. The van der Waals surface area contributed by atoms with E-state index in [1.54, 1.807) is 54.6 Å². The third-order valence-electron chi connectivity index (χ3n) is 5.72. The van der Waals surface area contributed by atoms with Gasteiger partial charge in [-0.2, -0.15) is 0 Å². The van der Waals surface area contributed by atoms with Gasteiger partial charge in [-0.1, -0.05) is 59.1 Å². The van der Waals surface area contributed by atoms with Gasteiger partial charge in [0, 0.05) is 4.57 Å². The van der Waals surface area contributed by atoms with Crippen molar-refractivity contribution in [2.45, 2.75) is 30.7 Å². The molecule has 39 heavy (non-hydrogen) atoms. The minimum absolute atomic E-state index is 0.111. The summed E-state index contributed by atoms with van der Waals surface area (Å²) in [6.07, 6.45) is -7.99. The minimum Gasteiger partial charge on any atom is -0.452 e. The van der Waals surface area contributed by atoms with E-state index in [4.69, 9.17) is 23.5 Å². The molecule has 1 unspecified atom stereocenters. The van der Waals surface area contributed by atoms with Gasteiger partial charge in [-0.3, -0.25) is 0 Å². The van der Waals surface area contributed by atoms with Gasteiger partial charge in [0.25, 0.3) is 6.29 Å². The molecule has 0 bridgehead atoms. The molecule has 2 N–H and O–H groups in total. The predicted molar refractivity (Wildman–Crippen MR) is 134 cm³/mol. The van der Waals surface area contributed by atoms with Crippen molar-refractivity contribution in [1.29, 1.82) is 0 Å². The number of esters is 3. The lowest BCUT2D eigenvalue weighted by molar-refractivity contribution is -0.275. The number of hydrogen-bond acceptors (Lipinski definition) is 10. The van der Waals surface area contributed by atoms with E-state index in [9.17, 15) is 28.9 Å². The summed E-state index contributed by atoms with van der Waals surface area (Å²) >= 11 is 0. The zero-order valence-corrected chi connectivity index (χ0v) is 21.2. The van der Waals surface area contributed by atoms with Gasteiger partial charge in [-0.05, 0) is 36.4 Å². The van der Waals surface area contributed by atoms with Crippen LogP contribution < -0.4 is 0 Å². The van der Waals surface area contributed by atoms with Crippen LogP contribution in [0.15, 0.2) is 91.0 Å². The number of ether oxygens (including phenoxy) is 4. The van der Waals surface area contributed by atoms with E-state index in [0.717, 1.165) is 0 Å². The highest BCUT2D eigenvalue weighted by molar-refractivity contribution is 7.32. The lowest BCUT2D eigenvalue weighted by Crippen LogP contribution is -2.62. The average Bonchev–Trinajstić information content (AvgIpc) is 2.96. The molecule has 1 heterocycles. The molecule has 202 valence electrons. The highest BCUT2D eigenvalue weighted by Gasteiger charge is 2.55. The number of hydrogen-bond donors (Lipinski definition) is 2. The quantitative estimate of drug-likeness (QED) is 0.227. The van der Waals surface area contributed by atoms with Crippen molar-refractivity contribution in [1.82, 2.24) is 0 Å². The molecule has 0 radical (unpaired) electrons. The smallest absolute Gasteiger partial charge is 0.452 e. The van der Waals surface area contributed by atoms with E-state index in [-0.39, 0.29) is 16.7 Å². The van der Waals surface area contributed by atoms with E-state index in [1.165, 1.54) is 36.4 Å². The van der Waals surface area contributed by atoms with Crippen LogP contribution in [-0.4, -0.2) is 65.2 Å². The Labute approximate surface area is 223 Å². The second-order valence-electron chi connectivity index (χ2n) is 8.28. The van der Waals surface area contributed by atoms with E-state index < -0.39 is 63.5 Å². The molecule has 1 saturated heterocycles. The molecule has 0 spiro atoms. The second-order valence-corrected chi connectivity index (χ2v) is 8.96. The highest BCUT2D eigenvalue weighted by atomic mass is 31.1. The van der Waals surface area contributed by atoms with Crippen LogP contribution in [-0.2, 0) is 28.0 Å². The molecule has 1 aliphatic heterocycles. The summed E-state index contributed by atoms with van der Waals surface area (Å²) in [5, 5.41) is 10.1. The molecule has 0 aliphatic carbocycles. The van der Waals surface area contributed by atoms with Crippen LogP contribution in [0.2, 0.25) is 0 Å². The van der Waals surface area contributed by atoms with Gasteiger partial charge in [0.15, 0.2) is 18.3 Å². The summed E-state index contributed by atoms with van der Waals surface area (Å²) in [6, 6.07) is 23.5. The number of aliphatic hydroxyl groups excluding tert-OH is 1. The average molecular weight is 555 g/mol. The molecule has 0 aromatic heterocycles. The maximum atomic E-state index is 13.1. The van der Waals surface area contributed by atoms with Crippen LogP contribution in [0.4, 0.5) is 0 Å². The molecule has 11 nitrogen and oxygen atoms in total. The third kappa shape index (κ3) is 7.11. The van der Waals surface area contributed by atoms with E-state index in [2.05, 4.69) is 0 Å². The molecule has 1 aliphatic rings. The van der Waals surface area contributed by atoms with E-state index in [1.807, 2.05) is 0 Å². The Morgan fingerprint density at radius 3 is 1.44 bits per heavy atom. The van der Waals surface area contributed by atoms with Crippen LogP contribution in [0, 0.1) is 0 Å². The standard InChI is InChI=1S/C27H23O11P/c28-16-20-21(35-24(29)17-10-4-1-5-11-17)22(36-25(30)18-12-6-2-7-13-18)23(27(34-20)38-39(32)33)37-26(31)19-14-8-3-9-15-19/h1-15,20-23,27-28H,16H2/p+1/t20-,21-,22+,23-,27-/m1/s1. The van der Waals surface area contributed by atoms with Crippen molar-refractivity contribution < 1.29 is 52.4 Å². The Bertz CT molecular complexity index is 1290. The Balaban J connectivity index is 1.73. The normalized spacial score (nSPS) is 22.8. The van der Waals surface area contributed by atoms with Crippen LogP contribution in [0.5, 0.6) is 0 Å². The molecule has 0 amide bonds. The van der Waals surface area contributed by atoms with Crippen molar-refractivity contribution in [2.75, 3.05) is 6.61 Å². The van der Waals surface area contributed by atoms with Crippen molar-refractivity contribution in [3.8, 4) is 0 Å². The van der Waals surface area contributed by atoms with Crippen molar-refractivity contribution in [2.24, 2.45) is 0 Å². The van der Waals surface area contributed by atoms with Crippen LogP contribution in [0.3, 0.4) is 0 Å². The molecule has 3 aromatic rings. The van der Waals surface area contributed by atoms with Gasteiger partial charge in [-0.25, -0.2) is 14.4 Å². The van der Waals surface area contributed by atoms with Crippen molar-refractivity contribution in [3.05, 3.63) is 108 Å². The number of aliphatic hydroxyl groups is 1. The number of carbonyl (C=O) groups is 3. The minimum atomic E-state index is -3.30. The van der Waals surface area contributed by atoms with Gasteiger partial charge in [0.2, 0.25) is 0 Å². The molecular formula is C27H24O11P+. The first kappa shape index (κ1) is 28.0. The predicted octanol–water partition coefficient (Wildman–Crippen LogP) is 3.05. The summed E-state index contributed by atoms with van der Waals surface area (Å²) in [4.78, 5) is 48.5. The molecule has 4 rings (SSSR count). The topological polar surface area (TPSA) is 155 Å². The summed E-state index contributed by atoms with van der Waals surface area (Å²) in [5.74, 6) is -2.63. The van der Waals surface area contributed by atoms with Crippen LogP contribution >= 0.6 is 8.25 Å². The SMILES string of the molecule is O=C(O[C@@H]1[C@@H](OC(=O)c2ccccc2)[C@@H](O[P+](=O)O)O[C@H](CO)[C@H]1OC(=O)c1ccccc1)c1ccccc1. The van der Waals surface area contributed by atoms with Crippen LogP contribution in [0.25, 0.3) is 0 Å². The monoisotopic (exact) mass is 555 g/mol. The fourth-order valence-corrected chi connectivity index (χ4v) is 4.25. The van der Waals surface area contributed by atoms with Gasteiger partial charge >= 0.3 is 26.2 Å². The fraction of sp³-hybridized carbons (Fsp3) is 0.222. The maximum absolute atomic E-state index is 13.1. The van der Waals surface area contributed by atoms with Gasteiger partial charge in [0.05, 0.1) is 23.3 Å². The summed E-state index contributed by atoms with van der Waals surface area (Å²) in [5.41, 5.74) is 0.383. The number of carbonyl (C=O) groups excluding carboxylic acids is 3. The summed E-state index contributed by atoms with van der Waals surface area (Å²) < 4.78 is 39.0. The molecule has 0 saturated carbocycles. The fourth-order valence-electron chi connectivity index (χ4n) is 3.90. The zero-order chi connectivity index (χ0) is 27.8. The molecular weight excluding hydrogens is 531 g/mol. The van der Waals surface area contributed by atoms with Gasteiger partial charge in [-0.15, -0.1) is 4.89 Å². The summed E-state index contributed by atoms with van der Waals surface area (Å²) in [6.45, 7) is -0.770. The van der Waals surface area contributed by atoms with Crippen molar-refractivity contribution in [3.63, 3.8) is 0 Å². The third-order valence-corrected chi connectivity index (χ3v) is 6.11. The largest absolute Gasteiger partial charge is 0.697 e. The Morgan fingerprint density at radius 1 is 0.667 bits per heavy atom. The van der Waals surface area contributed by atoms with E-state index >= 15 is 0 Å². The van der Waals surface area contributed by atoms with Gasteiger partial charge < -0.3 is 24.1 Å². The van der Waals surface area contributed by atoms with Gasteiger partial charge in [0.1, 0.15) is 6.10 Å². The first-order chi connectivity index (χ1) is 18.9. The molecule has 12 heteroatoms. The molecule has 3 aromatic carbocycles. The number of rotatable bonds is 9. The van der Waals surface area contributed by atoms with Crippen molar-refractivity contribution >= 4 is 26.2 Å². The zero-order valence-electron chi connectivity index (χ0n) is 20.3. The second kappa shape index (κ2) is 13.2. The Kier molecular flexibility index (Phi) is 9.48. The Morgan fingerprint density at radius 2 is 1.05 bits per heavy atom. The lowest BCUT2D eigenvalue weighted by atomic mass is 9.98. The molecule has 6 atom stereocenters. The maximum Gasteiger partial charge on any atom is 0.697 e. The van der Waals surface area contributed by atoms with Crippen LogP contribution in [0.1, 0.15) is 31.1 Å². The highest BCUT2D eigenvalue weighted by Crippen LogP contribution is 2.34. The lowest BCUT2D eigenvalue weighted by Gasteiger charge is -2.42. The molecule has 1 fully saturated rings. The van der Waals surface area contributed by atoms with E-state index in [0.29, 0.717) is 0 Å².